The molecule has 0 aliphatic rings. The van der Waals surface area contributed by atoms with Gasteiger partial charge in [-0.15, -0.1) is 0 Å². The first-order valence-electron chi connectivity index (χ1n) is 5.55. The van der Waals surface area contributed by atoms with E-state index in [0.29, 0.717) is 0 Å². The van der Waals surface area contributed by atoms with Crippen LogP contribution in [-0.2, 0) is 0 Å². The Bertz CT molecular complexity index is 474. The molecule has 17 heavy (non-hydrogen) atoms. The number of hydrogen-bond donors (Lipinski definition) is 1. The van der Waals surface area contributed by atoms with Gasteiger partial charge in [0.25, 0.3) is 0 Å². The molecule has 2 heteroatoms. The number of anilines is 1. The van der Waals surface area contributed by atoms with Crippen LogP contribution in [0, 0.1) is 0 Å². The SMILES string of the molecule is Clc1ccc(NC/C=C/c2ccccc2)cc1. The van der Waals surface area contributed by atoms with Gasteiger partial charge in [0.2, 0.25) is 0 Å². The van der Waals surface area contributed by atoms with E-state index in [1.807, 2.05) is 42.5 Å². The molecule has 0 spiro atoms. The van der Waals surface area contributed by atoms with E-state index < -0.39 is 0 Å². The van der Waals surface area contributed by atoms with Gasteiger partial charge in [-0.2, -0.15) is 0 Å². The lowest BCUT2D eigenvalue weighted by Gasteiger charge is -2.02. The van der Waals surface area contributed by atoms with E-state index in [4.69, 9.17) is 11.6 Å². The highest BCUT2D eigenvalue weighted by molar-refractivity contribution is 6.30. The first kappa shape index (κ1) is 11.7. The first-order chi connectivity index (χ1) is 8.34. The fourth-order valence-electron chi connectivity index (χ4n) is 1.50. The molecule has 2 aromatic rings. The van der Waals surface area contributed by atoms with Crippen LogP contribution in [0.15, 0.2) is 60.7 Å². The minimum absolute atomic E-state index is 0.760. The summed E-state index contributed by atoms with van der Waals surface area (Å²) in [6, 6.07) is 18.0. The predicted octanol–water partition coefficient (Wildman–Crippen LogP) is 4.47. The fraction of sp³-hybridized carbons (Fsp3) is 0.0667. The van der Waals surface area contributed by atoms with Crippen LogP contribution >= 0.6 is 11.6 Å². The molecular formula is C15H14ClN. The van der Waals surface area contributed by atoms with E-state index in [1.54, 1.807) is 0 Å². The Morgan fingerprint density at radius 3 is 2.35 bits per heavy atom. The van der Waals surface area contributed by atoms with Crippen molar-refractivity contribution >= 4 is 23.4 Å². The summed E-state index contributed by atoms with van der Waals surface area (Å²) in [5.41, 5.74) is 2.29. The molecule has 0 aromatic heterocycles. The molecule has 0 fully saturated rings. The first-order valence-corrected chi connectivity index (χ1v) is 5.93. The summed E-state index contributed by atoms with van der Waals surface area (Å²) < 4.78 is 0. The molecule has 0 aliphatic heterocycles. The van der Waals surface area contributed by atoms with Crippen LogP contribution in [-0.4, -0.2) is 6.54 Å². The third kappa shape index (κ3) is 3.97. The van der Waals surface area contributed by atoms with Crippen LogP contribution in [0.4, 0.5) is 5.69 Å². The zero-order valence-electron chi connectivity index (χ0n) is 9.44. The maximum Gasteiger partial charge on any atom is 0.0407 e. The molecule has 0 amide bonds. The van der Waals surface area contributed by atoms with Crippen LogP contribution in [0.3, 0.4) is 0 Å². The molecular weight excluding hydrogens is 230 g/mol. The molecule has 0 bridgehead atoms. The second-order valence-electron chi connectivity index (χ2n) is 3.70. The summed E-state index contributed by atoms with van der Waals surface area (Å²) in [7, 11) is 0. The van der Waals surface area contributed by atoms with E-state index in [9.17, 15) is 0 Å². The van der Waals surface area contributed by atoms with Crippen molar-refractivity contribution in [1.82, 2.24) is 0 Å². The minimum atomic E-state index is 0.760. The maximum absolute atomic E-state index is 5.81. The Morgan fingerprint density at radius 1 is 0.941 bits per heavy atom. The highest BCUT2D eigenvalue weighted by atomic mass is 35.5. The Labute approximate surface area is 107 Å². The Kier molecular flexibility index (Phi) is 4.23. The summed E-state index contributed by atoms with van der Waals surface area (Å²) in [4.78, 5) is 0. The van der Waals surface area contributed by atoms with Gasteiger partial charge in [-0.25, -0.2) is 0 Å². The van der Waals surface area contributed by atoms with E-state index in [0.717, 1.165) is 17.3 Å². The third-order valence-electron chi connectivity index (χ3n) is 2.38. The fourth-order valence-corrected chi connectivity index (χ4v) is 1.63. The summed E-state index contributed by atoms with van der Waals surface area (Å²) in [6.07, 6.45) is 4.20. The van der Waals surface area contributed by atoms with Gasteiger partial charge >= 0.3 is 0 Å². The summed E-state index contributed by atoms with van der Waals surface area (Å²) in [5, 5.41) is 4.06. The lowest BCUT2D eigenvalue weighted by atomic mass is 10.2. The van der Waals surface area contributed by atoms with Gasteiger partial charge in [0.1, 0.15) is 0 Å². The van der Waals surface area contributed by atoms with Crippen LogP contribution in [0.1, 0.15) is 5.56 Å². The Balaban J connectivity index is 1.84. The minimum Gasteiger partial charge on any atom is -0.382 e. The van der Waals surface area contributed by atoms with E-state index >= 15 is 0 Å². The van der Waals surface area contributed by atoms with Crippen molar-refractivity contribution in [2.45, 2.75) is 0 Å². The second kappa shape index (κ2) is 6.12. The monoisotopic (exact) mass is 243 g/mol. The second-order valence-corrected chi connectivity index (χ2v) is 4.14. The van der Waals surface area contributed by atoms with Gasteiger partial charge in [0, 0.05) is 17.3 Å². The largest absolute Gasteiger partial charge is 0.382 e. The molecule has 0 radical (unpaired) electrons. The molecule has 2 aromatic carbocycles. The Hall–Kier alpha value is -1.73. The van der Waals surface area contributed by atoms with Crippen molar-refractivity contribution in [1.29, 1.82) is 0 Å². The summed E-state index contributed by atoms with van der Waals surface area (Å²) in [6.45, 7) is 0.802. The van der Waals surface area contributed by atoms with Crippen LogP contribution < -0.4 is 5.32 Å². The number of rotatable bonds is 4. The van der Waals surface area contributed by atoms with Crippen LogP contribution in [0.2, 0.25) is 5.02 Å². The molecule has 1 N–H and O–H groups in total. The van der Waals surface area contributed by atoms with Gasteiger partial charge in [-0.05, 0) is 29.8 Å². The zero-order valence-corrected chi connectivity index (χ0v) is 10.2. The summed E-state index contributed by atoms with van der Waals surface area (Å²) >= 11 is 5.81. The lowest BCUT2D eigenvalue weighted by Crippen LogP contribution is -1.97. The number of benzene rings is 2. The van der Waals surface area contributed by atoms with E-state index in [-0.39, 0.29) is 0 Å². The number of halogens is 1. The average Bonchev–Trinajstić information content (AvgIpc) is 2.38. The van der Waals surface area contributed by atoms with Crippen molar-refractivity contribution < 1.29 is 0 Å². The Morgan fingerprint density at radius 2 is 1.65 bits per heavy atom. The van der Waals surface area contributed by atoms with Crippen molar-refractivity contribution in [3.05, 3.63) is 71.3 Å². The van der Waals surface area contributed by atoms with Crippen LogP contribution in [0.25, 0.3) is 6.08 Å². The van der Waals surface area contributed by atoms with Gasteiger partial charge in [0.15, 0.2) is 0 Å². The number of nitrogens with one attached hydrogen (secondary N) is 1. The van der Waals surface area contributed by atoms with Crippen molar-refractivity contribution in [3.63, 3.8) is 0 Å². The molecule has 1 nitrogen and oxygen atoms in total. The van der Waals surface area contributed by atoms with Crippen molar-refractivity contribution in [2.24, 2.45) is 0 Å². The van der Waals surface area contributed by atoms with E-state index in [1.165, 1.54) is 5.56 Å². The van der Waals surface area contributed by atoms with Gasteiger partial charge in [-0.3, -0.25) is 0 Å². The number of hydrogen-bond acceptors (Lipinski definition) is 1. The third-order valence-corrected chi connectivity index (χ3v) is 2.63. The predicted molar refractivity (Wildman–Crippen MR) is 75.4 cm³/mol. The molecule has 0 heterocycles. The van der Waals surface area contributed by atoms with Crippen LogP contribution in [0.5, 0.6) is 0 Å². The highest BCUT2D eigenvalue weighted by Crippen LogP contribution is 2.13. The molecule has 0 saturated carbocycles. The smallest absolute Gasteiger partial charge is 0.0407 e. The standard InChI is InChI=1S/C15H14ClN/c16-14-8-10-15(11-9-14)17-12-4-7-13-5-2-1-3-6-13/h1-11,17H,12H2/b7-4+. The quantitative estimate of drug-likeness (QED) is 0.836. The summed E-state index contributed by atoms with van der Waals surface area (Å²) in [5.74, 6) is 0. The topological polar surface area (TPSA) is 12.0 Å². The molecule has 0 aliphatic carbocycles. The highest BCUT2D eigenvalue weighted by Gasteiger charge is 1.89. The molecule has 2 rings (SSSR count). The maximum atomic E-state index is 5.81. The van der Waals surface area contributed by atoms with Crippen molar-refractivity contribution in [3.8, 4) is 0 Å². The zero-order chi connectivity index (χ0) is 11.9. The van der Waals surface area contributed by atoms with E-state index in [2.05, 4.69) is 29.6 Å². The van der Waals surface area contributed by atoms with Crippen molar-refractivity contribution in [2.75, 3.05) is 11.9 Å². The molecule has 0 saturated heterocycles. The molecule has 86 valence electrons. The average molecular weight is 244 g/mol. The van der Waals surface area contributed by atoms with Gasteiger partial charge in [0.05, 0.1) is 0 Å². The van der Waals surface area contributed by atoms with Gasteiger partial charge in [-0.1, -0.05) is 54.1 Å². The van der Waals surface area contributed by atoms with Gasteiger partial charge < -0.3 is 5.32 Å². The normalized spacial score (nSPS) is 10.6. The molecule has 0 unspecified atom stereocenters. The molecule has 0 atom stereocenters. The lowest BCUT2D eigenvalue weighted by molar-refractivity contribution is 1.34.